The van der Waals surface area contributed by atoms with Crippen molar-refractivity contribution >= 4 is 41.5 Å². The van der Waals surface area contributed by atoms with Crippen molar-refractivity contribution < 1.29 is 4.74 Å². The van der Waals surface area contributed by atoms with Gasteiger partial charge in [0.2, 0.25) is 0 Å². The average molecular weight is 493 g/mol. The molecule has 2 aromatic rings. The lowest BCUT2D eigenvalue weighted by molar-refractivity contribution is 0.203. The van der Waals surface area contributed by atoms with Gasteiger partial charge in [-0.3, -0.25) is 0 Å². The largest absolute Gasteiger partial charge is 0.383 e. The van der Waals surface area contributed by atoms with Gasteiger partial charge in [0.05, 0.1) is 12.6 Å². The van der Waals surface area contributed by atoms with Gasteiger partial charge in [0.25, 0.3) is 0 Å². The number of nitrogens with one attached hydrogen (secondary N) is 2. The monoisotopic (exact) mass is 492 g/mol. The Kier molecular flexibility index (Phi) is 9.89. The molecule has 26 heavy (non-hydrogen) atoms. The molecule has 1 atom stereocenters. The second-order valence-corrected chi connectivity index (χ2v) is 6.16. The molecule has 1 unspecified atom stereocenters. The standard InChI is InChI=1S/C17H25ClN6O.HI/c1-12(14-6-5-7-15(18)10-14)21-17(19-8-9-25-4)20-11-16-23-22-13(2)24(16)3;/h5-7,10,12H,8-9,11H2,1-4H3,(H2,19,20,21);1H. The third-order valence-electron chi connectivity index (χ3n) is 3.86. The number of aliphatic imine (C=N–C) groups is 1. The predicted octanol–water partition coefficient (Wildman–Crippen LogP) is 2.84. The van der Waals surface area contributed by atoms with E-state index in [-0.39, 0.29) is 30.0 Å². The van der Waals surface area contributed by atoms with E-state index in [1.165, 1.54) is 0 Å². The molecular formula is C17H26ClIN6O. The highest BCUT2D eigenvalue weighted by atomic mass is 127. The Labute approximate surface area is 176 Å². The zero-order valence-electron chi connectivity index (χ0n) is 15.5. The van der Waals surface area contributed by atoms with Crippen molar-refractivity contribution in [1.29, 1.82) is 0 Å². The number of aryl methyl sites for hydroxylation is 1. The quantitative estimate of drug-likeness (QED) is 0.269. The van der Waals surface area contributed by atoms with Crippen molar-refractivity contribution in [3.05, 3.63) is 46.5 Å². The number of benzene rings is 1. The van der Waals surface area contributed by atoms with Crippen LogP contribution in [0.5, 0.6) is 0 Å². The van der Waals surface area contributed by atoms with Crippen LogP contribution in [0.4, 0.5) is 0 Å². The van der Waals surface area contributed by atoms with Gasteiger partial charge in [-0.25, -0.2) is 4.99 Å². The van der Waals surface area contributed by atoms with Crippen LogP contribution in [0.15, 0.2) is 29.3 Å². The van der Waals surface area contributed by atoms with Gasteiger partial charge in [-0.2, -0.15) is 0 Å². The molecule has 0 fully saturated rings. The summed E-state index contributed by atoms with van der Waals surface area (Å²) in [6.07, 6.45) is 0. The van der Waals surface area contributed by atoms with Gasteiger partial charge in [0.15, 0.2) is 11.8 Å². The molecule has 0 radical (unpaired) electrons. The van der Waals surface area contributed by atoms with Gasteiger partial charge in [0, 0.05) is 25.7 Å². The van der Waals surface area contributed by atoms with E-state index in [2.05, 4.69) is 32.7 Å². The SMILES string of the molecule is COCCNC(=NCc1nnc(C)n1C)NC(C)c1cccc(Cl)c1.I. The van der Waals surface area contributed by atoms with Crippen LogP contribution in [0.3, 0.4) is 0 Å². The summed E-state index contributed by atoms with van der Waals surface area (Å²) in [5, 5.41) is 15.6. The van der Waals surface area contributed by atoms with E-state index < -0.39 is 0 Å². The summed E-state index contributed by atoms with van der Waals surface area (Å²) in [6.45, 7) is 5.66. The maximum absolute atomic E-state index is 6.08. The maximum Gasteiger partial charge on any atom is 0.192 e. The zero-order valence-corrected chi connectivity index (χ0v) is 18.6. The second kappa shape index (κ2) is 11.3. The van der Waals surface area contributed by atoms with Gasteiger partial charge < -0.3 is 19.9 Å². The summed E-state index contributed by atoms with van der Waals surface area (Å²) in [4.78, 5) is 4.61. The van der Waals surface area contributed by atoms with Crippen LogP contribution in [0.25, 0.3) is 0 Å². The molecule has 2 rings (SSSR count). The molecule has 144 valence electrons. The third kappa shape index (κ3) is 6.73. The Morgan fingerprint density at radius 3 is 2.77 bits per heavy atom. The Bertz CT molecular complexity index is 721. The Morgan fingerprint density at radius 2 is 2.15 bits per heavy atom. The molecule has 0 spiro atoms. The van der Waals surface area contributed by atoms with Crippen LogP contribution >= 0.6 is 35.6 Å². The summed E-state index contributed by atoms with van der Waals surface area (Å²) < 4.78 is 7.02. The van der Waals surface area contributed by atoms with E-state index in [0.29, 0.717) is 30.7 Å². The van der Waals surface area contributed by atoms with Crippen LogP contribution in [-0.4, -0.2) is 41.0 Å². The van der Waals surface area contributed by atoms with E-state index in [4.69, 9.17) is 16.3 Å². The molecule has 2 N–H and O–H groups in total. The molecule has 0 saturated carbocycles. The number of ether oxygens (including phenoxy) is 1. The van der Waals surface area contributed by atoms with Crippen LogP contribution in [0, 0.1) is 6.92 Å². The molecule has 0 aliphatic carbocycles. The molecule has 0 bridgehead atoms. The van der Waals surface area contributed by atoms with Gasteiger partial charge in [-0.05, 0) is 31.5 Å². The van der Waals surface area contributed by atoms with Gasteiger partial charge in [-0.15, -0.1) is 34.2 Å². The number of hydrogen-bond acceptors (Lipinski definition) is 4. The lowest BCUT2D eigenvalue weighted by Gasteiger charge is -2.19. The van der Waals surface area contributed by atoms with Gasteiger partial charge in [-0.1, -0.05) is 23.7 Å². The first-order valence-corrected chi connectivity index (χ1v) is 8.53. The van der Waals surface area contributed by atoms with E-state index in [1.807, 2.05) is 42.8 Å². The van der Waals surface area contributed by atoms with E-state index in [9.17, 15) is 0 Å². The molecular weight excluding hydrogens is 467 g/mol. The molecule has 0 amide bonds. The Hall–Kier alpha value is -1.39. The molecule has 7 nitrogen and oxygen atoms in total. The fraction of sp³-hybridized carbons (Fsp3) is 0.471. The van der Waals surface area contributed by atoms with Crippen molar-refractivity contribution in [3.63, 3.8) is 0 Å². The second-order valence-electron chi connectivity index (χ2n) is 5.73. The minimum Gasteiger partial charge on any atom is -0.383 e. The van der Waals surface area contributed by atoms with Crippen molar-refractivity contribution in [3.8, 4) is 0 Å². The number of aromatic nitrogens is 3. The van der Waals surface area contributed by atoms with Crippen LogP contribution in [0.2, 0.25) is 5.02 Å². The summed E-state index contributed by atoms with van der Waals surface area (Å²) in [7, 11) is 3.60. The lowest BCUT2D eigenvalue weighted by atomic mass is 10.1. The fourth-order valence-electron chi connectivity index (χ4n) is 2.23. The van der Waals surface area contributed by atoms with E-state index in [1.54, 1.807) is 7.11 Å². The first kappa shape index (κ1) is 22.7. The highest BCUT2D eigenvalue weighted by Gasteiger charge is 2.10. The number of hydrogen-bond donors (Lipinski definition) is 2. The minimum atomic E-state index is 0. The highest BCUT2D eigenvalue weighted by molar-refractivity contribution is 14.0. The molecule has 1 aromatic carbocycles. The number of rotatable bonds is 7. The fourth-order valence-corrected chi connectivity index (χ4v) is 2.43. The predicted molar refractivity (Wildman–Crippen MR) is 115 cm³/mol. The van der Waals surface area contributed by atoms with Crippen LogP contribution in [0.1, 0.15) is 30.2 Å². The summed E-state index contributed by atoms with van der Waals surface area (Å²) in [5.41, 5.74) is 1.09. The smallest absolute Gasteiger partial charge is 0.192 e. The lowest BCUT2D eigenvalue weighted by Crippen LogP contribution is -2.40. The number of nitrogens with zero attached hydrogens (tertiary/aromatic N) is 4. The average Bonchev–Trinajstić information content (AvgIpc) is 2.91. The zero-order chi connectivity index (χ0) is 18.2. The summed E-state index contributed by atoms with van der Waals surface area (Å²) >= 11 is 6.08. The van der Waals surface area contributed by atoms with Gasteiger partial charge in [0.1, 0.15) is 12.4 Å². The van der Waals surface area contributed by atoms with Gasteiger partial charge >= 0.3 is 0 Å². The summed E-state index contributed by atoms with van der Waals surface area (Å²) in [5.74, 6) is 2.35. The minimum absolute atomic E-state index is 0. The van der Waals surface area contributed by atoms with E-state index >= 15 is 0 Å². The number of halogens is 2. The maximum atomic E-state index is 6.08. The Morgan fingerprint density at radius 1 is 1.38 bits per heavy atom. The molecule has 1 heterocycles. The van der Waals surface area contributed by atoms with Crippen LogP contribution in [-0.2, 0) is 18.3 Å². The van der Waals surface area contributed by atoms with Crippen molar-refractivity contribution in [2.45, 2.75) is 26.4 Å². The molecule has 0 saturated heterocycles. The first-order valence-electron chi connectivity index (χ1n) is 8.15. The molecule has 9 heteroatoms. The molecule has 1 aromatic heterocycles. The Balaban J connectivity index is 0.00000338. The first-order chi connectivity index (χ1) is 12.0. The van der Waals surface area contributed by atoms with Crippen molar-refractivity contribution in [1.82, 2.24) is 25.4 Å². The van der Waals surface area contributed by atoms with Crippen molar-refractivity contribution in [2.24, 2.45) is 12.0 Å². The van der Waals surface area contributed by atoms with Crippen molar-refractivity contribution in [2.75, 3.05) is 20.3 Å². The third-order valence-corrected chi connectivity index (χ3v) is 4.10. The topological polar surface area (TPSA) is 76.4 Å². The normalized spacial score (nSPS) is 12.4. The number of methoxy groups -OCH3 is 1. The molecule has 0 aliphatic rings. The summed E-state index contributed by atoms with van der Waals surface area (Å²) in [6, 6.07) is 7.82. The van der Waals surface area contributed by atoms with Crippen LogP contribution < -0.4 is 10.6 Å². The number of guanidine groups is 1. The molecule has 0 aliphatic heterocycles. The highest BCUT2D eigenvalue weighted by Crippen LogP contribution is 2.17. The van der Waals surface area contributed by atoms with E-state index in [0.717, 1.165) is 17.2 Å².